The molecule has 0 amide bonds. The Morgan fingerprint density at radius 1 is 1.10 bits per heavy atom. The second kappa shape index (κ2) is 5.97. The zero-order chi connectivity index (χ0) is 15.0. The number of rotatable bonds is 3. The Labute approximate surface area is 140 Å². The molecule has 108 valence electrons. The predicted molar refractivity (Wildman–Crippen MR) is 91.5 cm³/mol. The van der Waals surface area contributed by atoms with Gasteiger partial charge in [-0.25, -0.2) is 4.98 Å². The van der Waals surface area contributed by atoms with Crippen LogP contribution >= 0.6 is 46.1 Å². The number of hydrogen-bond donors (Lipinski definition) is 1. The molecule has 0 aliphatic heterocycles. The van der Waals surface area contributed by atoms with Crippen molar-refractivity contribution in [3.05, 3.63) is 44.5 Å². The third kappa shape index (κ3) is 3.09. The van der Waals surface area contributed by atoms with Gasteiger partial charge in [0.25, 0.3) is 0 Å². The van der Waals surface area contributed by atoms with Gasteiger partial charge in [-0.15, -0.1) is 11.3 Å². The number of benzene rings is 1. The van der Waals surface area contributed by atoms with Gasteiger partial charge in [-0.05, 0) is 42.3 Å². The smallest absolute Gasteiger partial charge is 0.225 e. The van der Waals surface area contributed by atoms with E-state index >= 15 is 0 Å². The zero-order valence-corrected chi connectivity index (χ0v) is 14.0. The third-order valence-corrected chi connectivity index (χ3v) is 5.03. The van der Waals surface area contributed by atoms with E-state index in [0.717, 1.165) is 22.3 Å². The van der Waals surface area contributed by atoms with E-state index in [1.165, 1.54) is 4.88 Å². The highest BCUT2D eigenvalue weighted by molar-refractivity contribution is 7.18. The Bertz CT molecular complexity index is 817. The van der Waals surface area contributed by atoms with Gasteiger partial charge in [0.2, 0.25) is 5.28 Å². The van der Waals surface area contributed by atoms with Gasteiger partial charge in [0.1, 0.15) is 10.6 Å². The third-order valence-electron chi connectivity index (χ3n) is 2.95. The molecule has 0 unspecified atom stereocenters. The van der Waals surface area contributed by atoms with E-state index in [-0.39, 0.29) is 5.28 Å². The molecule has 21 heavy (non-hydrogen) atoms. The summed E-state index contributed by atoms with van der Waals surface area (Å²) >= 11 is 19.6. The molecule has 1 N–H and O–H groups in total. The maximum Gasteiger partial charge on any atom is 0.225 e. The average Bonchev–Trinajstić information content (AvgIpc) is 2.86. The van der Waals surface area contributed by atoms with Crippen LogP contribution in [0.5, 0.6) is 0 Å². The second-order valence-electron chi connectivity index (χ2n) is 4.38. The number of aromatic nitrogens is 2. The van der Waals surface area contributed by atoms with Crippen LogP contribution in [0.15, 0.2) is 24.3 Å². The summed E-state index contributed by atoms with van der Waals surface area (Å²) in [5.41, 5.74) is 0.796. The first-order valence-corrected chi connectivity index (χ1v) is 8.20. The highest BCUT2D eigenvalue weighted by atomic mass is 35.5. The van der Waals surface area contributed by atoms with Crippen molar-refractivity contribution in [2.75, 3.05) is 5.32 Å². The minimum atomic E-state index is 0.217. The van der Waals surface area contributed by atoms with Crippen LogP contribution < -0.4 is 5.32 Å². The molecule has 0 aliphatic rings. The standard InChI is InChI=1S/C14H10Cl3N3S/c1-2-8-6-9-12(19-14(17)20-13(9)21-8)18-7-3-4-10(15)11(16)5-7/h3-6H,2H2,1H3,(H,18,19,20). The Balaban J connectivity index is 2.06. The number of halogens is 3. The van der Waals surface area contributed by atoms with Crippen LogP contribution in [0, 0.1) is 0 Å². The Kier molecular flexibility index (Phi) is 4.22. The lowest BCUT2D eigenvalue weighted by Gasteiger charge is -2.08. The number of fused-ring (bicyclic) bond motifs is 1. The first kappa shape index (κ1) is 14.9. The monoisotopic (exact) mass is 357 g/mol. The van der Waals surface area contributed by atoms with E-state index in [2.05, 4.69) is 28.3 Å². The van der Waals surface area contributed by atoms with Crippen LogP contribution in [0.4, 0.5) is 11.5 Å². The summed E-state index contributed by atoms with van der Waals surface area (Å²) < 4.78 is 0. The predicted octanol–water partition coefficient (Wildman–Crippen LogP) is 5.96. The molecule has 2 aromatic heterocycles. The van der Waals surface area contributed by atoms with Crippen LogP contribution in [0.1, 0.15) is 11.8 Å². The van der Waals surface area contributed by atoms with Gasteiger partial charge in [0, 0.05) is 10.6 Å². The minimum absolute atomic E-state index is 0.217. The normalized spacial score (nSPS) is 11.0. The molecule has 0 saturated carbocycles. The molecule has 3 rings (SSSR count). The largest absolute Gasteiger partial charge is 0.339 e. The summed E-state index contributed by atoms with van der Waals surface area (Å²) in [4.78, 5) is 10.6. The van der Waals surface area contributed by atoms with Gasteiger partial charge in [-0.2, -0.15) is 4.98 Å². The van der Waals surface area contributed by atoms with Crippen molar-refractivity contribution in [1.82, 2.24) is 9.97 Å². The number of anilines is 2. The van der Waals surface area contributed by atoms with Crippen LogP contribution in [0.3, 0.4) is 0 Å². The zero-order valence-electron chi connectivity index (χ0n) is 11.0. The molecule has 0 fully saturated rings. The Morgan fingerprint density at radius 3 is 2.62 bits per heavy atom. The number of nitrogens with one attached hydrogen (secondary N) is 1. The maximum absolute atomic E-state index is 6.03. The molecule has 0 radical (unpaired) electrons. The van der Waals surface area contributed by atoms with Gasteiger partial charge in [0.15, 0.2) is 0 Å². The molecule has 2 heterocycles. The lowest BCUT2D eigenvalue weighted by molar-refractivity contribution is 1.19. The molecule has 0 spiro atoms. The van der Waals surface area contributed by atoms with Crippen molar-refractivity contribution in [1.29, 1.82) is 0 Å². The van der Waals surface area contributed by atoms with E-state index in [9.17, 15) is 0 Å². The highest BCUT2D eigenvalue weighted by Crippen LogP contribution is 2.33. The van der Waals surface area contributed by atoms with Gasteiger partial charge in [-0.1, -0.05) is 30.1 Å². The first-order valence-electron chi connectivity index (χ1n) is 6.25. The van der Waals surface area contributed by atoms with Crippen molar-refractivity contribution in [2.24, 2.45) is 0 Å². The molecular weight excluding hydrogens is 349 g/mol. The molecule has 0 aliphatic carbocycles. The molecule has 0 bridgehead atoms. The SMILES string of the molecule is CCc1cc2c(Nc3ccc(Cl)c(Cl)c3)nc(Cl)nc2s1. The molecular formula is C14H10Cl3N3S. The Morgan fingerprint density at radius 2 is 1.90 bits per heavy atom. The van der Waals surface area contributed by atoms with Gasteiger partial charge in [-0.3, -0.25) is 0 Å². The molecule has 0 saturated heterocycles. The van der Waals surface area contributed by atoms with Crippen LogP contribution in [-0.4, -0.2) is 9.97 Å². The average molecular weight is 359 g/mol. The van der Waals surface area contributed by atoms with E-state index in [1.807, 2.05) is 6.07 Å². The van der Waals surface area contributed by atoms with Crippen molar-refractivity contribution in [3.8, 4) is 0 Å². The number of thiophene rings is 1. The highest BCUT2D eigenvalue weighted by Gasteiger charge is 2.11. The van der Waals surface area contributed by atoms with Crippen molar-refractivity contribution in [3.63, 3.8) is 0 Å². The molecule has 3 nitrogen and oxygen atoms in total. The fraction of sp³-hybridized carbons (Fsp3) is 0.143. The number of hydrogen-bond acceptors (Lipinski definition) is 4. The van der Waals surface area contributed by atoms with Crippen LogP contribution in [-0.2, 0) is 6.42 Å². The first-order chi connectivity index (χ1) is 10.1. The van der Waals surface area contributed by atoms with Gasteiger partial charge >= 0.3 is 0 Å². The van der Waals surface area contributed by atoms with Gasteiger partial charge < -0.3 is 5.32 Å². The number of nitrogens with zero attached hydrogens (tertiary/aromatic N) is 2. The minimum Gasteiger partial charge on any atom is -0.339 e. The van der Waals surface area contributed by atoms with Crippen LogP contribution in [0.2, 0.25) is 15.3 Å². The topological polar surface area (TPSA) is 37.8 Å². The summed E-state index contributed by atoms with van der Waals surface area (Å²) in [6.07, 6.45) is 0.949. The quantitative estimate of drug-likeness (QED) is 0.587. The molecule has 1 aromatic carbocycles. The number of aryl methyl sites for hydroxylation is 1. The fourth-order valence-corrected chi connectivity index (χ4v) is 3.41. The van der Waals surface area contributed by atoms with Crippen molar-refractivity contribution < 1.29 is 0 Å². The van der Waals surface area contributed by atoms with Crippen molar-refractivity contribution >= 4 is 67.9 Å². The van der Waals surface area contributed by atoms with Crippen molar-refractivity contribution in [2.45, 2.75) is 13.3 Å². The Hall–Kier alpha value is -1.07. The molecule has 0 atom stereocenters. The lowest BCUT2D eigenvalue weighted by atomic mass is 10.3. The molecule has 7 heteroatoms. The summed E-state index contributed by atoms with van der Waals surface area (Å²) in [6.45, 7) is 2.10. The molecule has 3 aromatic rings. The summed E-state index contributed by atoms with van der Waals surface area (Å²) in [6, 6.07) is 7.40. The summed E-state index contributed by atoms with van der Waals surface area (Å²) in [5.74, 6) is 0.666. The second-order valence-corrected chi connectivity index (χ2v) is 6.65. The van der Waals surface area contributed by atoms with Gasteiger partial charge in [0.05, 0.1) is 15.4 Å². The van der Waals surface area contributed by atoms with Crippen LogP contribution in [0.25, 0.3) is 10.2 Å². The summed E-state index contributed by atoms with van der Waals surface area (Å²) in [5, 5.41) is 5.38. The van der Waals surface area contributed by atoms with E-state index in [1.54, 1.807) is 23.5 Å². The fourth-order valence-electron chi connectivity index (χ4n) is 1.93. The lowest BCUT2D eigenvalue weighted by Crippen LogP contribution is -1.95. The van der Waals surface area contributed by atoms with E-state index in [4.69, 9.17) is 34.8 Å². The van der Waals surface area contributed by atoms with E-state index in [0.29, 0.717) is 15.9 Å². The van der Waals surface area contributed by atoms with E-state index < -0.39 is 0 Å². The summed E-state index contributed by atoms with van der Waals surface area (Å²) in [7, 11) is 0. The maximum atomic E-state index is 6.03.